The molecule has 8 nitrogen and oxygen atoms in total. The highest BCUT2D eigenvalue weighted by atomic mass is 32.2. The number of benzene rings is 1. The number of aromatic nitrogens is 5. The van der Waals surface area contributed by atoms with E-state index in [1.54, 1.807) is 34.7 Å². The second kappa shape index (κ2) is 8.52. The Bertz CT molecular complexity index is 1260. The predicted molar refractivity (Wildman–Crippen MR) is 124 cm³/mol. The second-order valence-electron chi connectivity index (χ2n) is 7.87. The summed E-state index contributed by atoms with van der Waals surface area (Å²) < 4.78 is 9.14. The molecule has 0 aliphatic rings. The van der Waals surface area contributed by atoms with Gasteiger partial charge in [-0.15, -0.1) is 21.5 Å². The zero-order valence-corrected chi connectivity index (χ0v) is 19.7. The van der Waals surface area contributed by atoms with E-state index in [2.05, 4.69) is 39.4 Å². The largest absolute Gasteiger partial charge is 0.379 e. The molecular formula is C21H24N6O2S2. The first-order chi connectivity index (χ1) is 14.8. The fourth-order valence-electron chi connectivity index (χ4n) is 3.01. The van der Waals surface area contributed by atoms with Crippen LogP contribution in [0.25, 0.3) is 15.9 Å². The number of thiazole rings is 1. The molecule has 0 aliphatic carbocycles. The maximum absolute atomic E-state index is 12.8. The summed E-state index contributed by atoms with van der Waals surface area (Å²) >= 11 is 3.34. The third-order valence-electron chi connectivity index (χ3n) is 5.05. The zero-order valence-electron chi connectivity index (χ0n) is 18.1. The predicted octanol–water partition coefficient (Wildman–Crippen LogP) is 4.51. The number of carbonyl (C=O) groups is 1. The van der Waals surface area contributed by atoms with Gasteiger partial charge in [0.25, 0.3) is 5.91 Å². The monoisotopic (exact) mass is 456 g/mol. The van der Waals surface area contributed by atoms with Crippen LogP contribution in [-0.2, 0) is 4.74 Å². The molecule has 4 aromatic rings. The lowest BCUT2D eigenvalue weighted by molar-refractivity contribution is 0.0207. The Kier molecular flexibility index (Phi) is 5.96. The summed E-state index contributed by atoms with van der Waals surface area (Å²) in [4.78, 5) is 17.5. The van der Waals surface area contributed by atoms with Crippen molar-refractivity contribution in [2.45, 2.75) is 44.1 Å². The molecule has 3 heterocycles. The first-order valence-electron chi connectivity index (χ1n) is 9.85. The van der Waals surface area contributed by atoms with Crippen LogP contribution >= 0.6 is 23.1 Å². The number of aryl methyl sites for hydroxylation is 2. The maximum atomic E-state index is 12.8. The minimum absolute atomic E-state index is 0.139. The van der Waals surface area contributed by atoms with E-state index in [9.17, 15) is 4.79 Å². The number of nitrogens with one attached hydrogen (secondary N) is 1. The van der Waals surface area contributed by atoms with Crippen LogP contribution in [0.1, 0.15) is 42.1 Å². The van der Waals surface area contributed by atoms with E-state index in [0.29, 0.717) is 17.0 Å². The Balaban J connectivity index is 1.48. The molecule has 1 aromatic carbocycles. The van der Waals surface area contributed by atoms with Gasteiger partial charge in [-0.2, -0.15) is 5.10 Å². The molecule has 0 fully saturated rings. The molecule has 1 N–H and O–H groups in total. The van der Waals surface area contributed by atoms with Gasteiger partial charge in [0, 0.05) is 24.6 Å². The molecule has 4 rings (SSSR count). The molecule has 0 spiro atoms. The summed E-state index contributed by atoms with van der Waals surface area (Å²) in [5.74, 6) is 0.609. The number of methoxy groups -OCH3 is 1. The van der Waals surface area contributed by atoms with E-state index >= 15 is 0 Å². The number of fused-ring (bicyclic) bond motifs is 2. The van der Waals surface area contributed by atoms with Gasteiger partial charge in [-0.3, -0.25) is 4.79 Å². The lowest BCUT2D eigenvalue weighted by atomic mass is 10.1. The second-order valence-corrected chi connectivity index (χ2v) is 10.2. The average molecular weight is 457 g/mol. The van der Waals surface area contributed by atoms with Crippen LogP contribution in [0.5, 0.6) is 0 Å². The number of carbonyl (C=O) groups excluding carboxylic acids is 1. The Labute approximate surface area is 188 Å². The summed E-state index contributed by atoms with van der Waals surface area (Å²) in [5, 5.41) is 15.5. The fraction of sp³-hybridized carbons (Fsp3) is 0.381. The van der Waals surface area contributed by atoms with Gasteiger partial charge in [-0.1, -0.05) is 11.8 Å². The number of anilines is 1. The van der Waals surface area contributed by atoms with Gasteiger partial charge in [0.1, 0.15) is 0 Å². The smallest absolute Gasteiger partial charge is 0.278 e. The molecule has 162 valence electrons. The molecule has 0 atom stereocenters. The summed E-state index contributed by atoms with van der Waals surface area (Å²) in [6, 6.07) is 7.53. The number of nitrogens with zero attached hydrogens (tertiary/aromatic N) is 5. The highest BCUT2D eigenvalue weighted by Crippen LogP contribution is 2.32. The summed E-state index contributed by atoms with van der Waals surface area (Å²) in [6.45, 7) is 7.85. The molecule has 0 saturated carbocycles. The molecule has 0 aliphatic heterocycles. The van der Waals surface area contributed by atoms with Gasteiger partial charge in [-0.05, 0) is 52.3 Å². The van der Waals surface area contributed by atoms with E-state index < -0.39 is 0 Å². The number of hydrogen-bond donors (Lipinski definition) is 1. The Morgan fingerprint density at radius 3 is 2.84 bits per heavy atom. The van der Waals surface area contributed by atoms with E-state index in [1.807, 2.05) is 38.1 Å². The van der Waals surface area contributed by atoms with E-state index in [0.717, 1.165) is 32.4 Å². The van der Waals surface area contributed by atoms with Gasteiger partial charge >= 0.3 is 0 Å². The van der Waals surface area contributed by atoms with Crippen molar-refractivity contribution in [2.75, 3.05) is 18.2 Å². The number of amides is 1. The Morgan fingerprint density at radius 1 is 1.26 bits per heavy atom. The van der Waals surface area contributed by atoms with Gasteiger partial charge in [0.05, 0.1) is 27.2 Å². The average Bonchev–Trinajstić information content (AvgIpc) is 3.30. The molecule has 3 aromatic heterocycles. The van der Waals surface area contributed by atoms with Crippen molar-refractivity contribution < 1.29 is 9.53 Å². The van der Waals surface area contributed by atoms with Crippen LogP contribution < -0.4 is 5.32 Å². The van der Waals surface area contributed by atoms with Crippen LogP contribution in [0.4, 0.5) is 5.69 Å². The summed E-state index contributed by atoms with van der Waals surface area (Å²) in [7, 11) is 1.74. The van der Waals surface area contributed by atoms with Crippen molar-refractivity contribution in [3.8, 4) is 0 Å². The first kappa shape index (κ1) is 21.7. The molecule has 0 bridgehead atoms. The topological polar surface area (TPSA) is 94.3 Å². The highest BCUT2D eigenvalue weighted by Gasteiger charge is 2.18. The van der Waals surface area contributed by atoms with Gasteiger partial charge in [0.2, 0.25) is 0 Å². The Hall–Kier alpha value is -2.56. The standard InChI is InChI=1S/C21H24N6O2S2/c1-12-10-17-24-25-18(13(2)27(17)26-12)19(28)22-14-6-7-15-16(11-14)31-20(23-15)30-9-8-21(3,4)29-5/h6-7,10-11H,8-9H2,1-5H3,(H,22,28). The highest BCUT2D eigenvalue weighted by molar-refractivity contribution is 8.01. The van der Waals surface area contributed by atoms with Gasteiger partial charge < -0.3 is 10.1 Å². The quantitative estimate of drug-likeness (QED) is 0.409. The number of rotatable bonds is 7. The van der Waals surface area contributed by atoms with Crippen LogP contribution in [-0.4, -0.2) is 49.2 Å². The van der Waals surface area contributed by atoms with Gasteiger partial charge in [-0.25, -0.2) is 9.50 Å². The van der Waals surface area contributed by atoms with Crippen molar-refractivity contribution in [3.05, 3.63) is 41.3 Å². The third kappa shape index (κ3) is 4.70. The zero-order chi connectivity index (χ0) is 22.2. The van der Waals surface area contributed by atoms with Crippen molar-refractivity contribution in [1.29, 1.82) is 0 Å². The molecule has 0 radical (unpaired) electrons. The van der Waals surface area contributed by atoms with Gasteiger partial charge in [0.15, 0.2) is 15.7 Å². The van der Waals surface area contributed by atoms with Crippen LogP contribution in [0.15, 0.2) is 28.6 Å². The van der Waals surface area contributed by atoms with Crippen molar-refractivity contribution >= 4 is 50.6 Å². The van der Waals surface area contributed by atoms with Crippen molar-refractivity contribution in [1.82, 2.24) is 24.8 Å². The lowest BCUT2D eigenvalue weighted by Gasteiger charge is -2.21. The van der Waals surface area contributed by atoms with Crippen molar-refractivity contribution in [3.63, 3.8) is 0 Å². The number of hydrogen-bond acceptors (Lipinski definition) is 8. The molecule has 1 amide bonds. The van der Waals surface area contributed by atoms with Crippen LogP contribution in [0.3, 0.4) is 0 Å². The maximum Gasteiger partial charge on any atom is 0.278 e. The summed E-state index contributed by atoms with van der Waals surface area (Å²) in [5.41, 5.74) is 3.81. The molecule has 10 heteroatoms. The summed E-state index contributed by atoms with van der Waals surface area (Å²) in [6.07, 6.45) is 0.936. The van der Waals surface area contributed by atoms with Crippen LogP contribution in [0.2, 0.25) is 0 Å². The van der Waals surface area contributed by atoms with Crippen LogP contribution in [0, 0.1) is 13.8 Å². The number of ether oxygens (including phenoxy) is 1. The fourth-order valence-corrected chi connectivity index (χ4v) is 5.43. The Morgan fingerprint density at radius 2 is 2.06 bits per heavy atom. The molecular weight excluding hydrogens is 432 g/mol. The van der Waals surface area contributed by atoms with E-state index in [1.165, 1.54) is 0 Å². The van der Waals surface area contributed by atoms with E-state index in [-0.39, 0.29) is 17.2 Å². The minimum Gasteiger partial charge on any atom is -0.379 e. The van der Waals surface area contributed by atoms with Crippen molar-refractivity contribution in [2.24, 2.45) is 0 Å². The first-order valence-corrected chi connectivity index (χ1v) is 11.7. The number of thioether (sulfide) groups is 1. The molecule has 0 unspecified atom stereocenters. The van der Waals surface area contributed by atoms with E-state index in [4.69, 9.17) is 4.74 Å². The normalized spacial score (nSPS) is 12.0. The SMILES string of the molecule is COC(C)(C)CCSc1nc2ccc(NC(=O)c3nnc4cc(C)nn4c3C)cc2s1. The minimum atomic E-state index is -0.319. The third-order valence-corrected chi connectivity index (χ3v) is 7.21. The molecule has 0 saturated heterocycles. The molecule has 31 heavy (non-hydrogen) atoms. The lowest BCUT2D eigenvalue weighted by Crippen LogP contribution is -2.22.